The Balaban J connectivity index is 2.28. The quantitative estimate of drug-likeness (QED) is 0.756. The van der Waals surface area contributed by atoms with Crippen molar-refractivity contribution in [1.29, 1.82) is 0 Å². The average Bonchev–Trinajstić information content (AvgIpc) is 2.61. The van der Waals surface area contributed by atoms with Gasteiger partial charge in [-0.15, -0.1) is 0 Å². The SMILES string of the molecule is CC(C)(C)c1cc(=O)n([C@H]2CCCNC2)[nH]1. The van der Waals surface area contributed by atoms with Crippen molar-refractivity contribution in [2.75, 3.05) is 13.1 Å². The maximum atomic E-state index is 11.9. The maximum absolute atomic E-state index is 11.9. The molecule has 2 heterocycles. The third kappa shape index (κ3) is 2.21. The molecule has 1 aliphatic heterocycles. The Morgan fingerprint density at radius 1 is 1.44 bits per heavy atom. The first-order valence-corrected chi connectivity index (χ1v) is 6.01. The normalized spacial score (nSPS) is 22.3. The van der Waals surface area contributed by atoms with Crippen LogP contribution in [0, 0.1) is 0 Å². The van der Waals surface area contributed by atoms with Crippen LogP contribution >= 0.6 is 0 Å². The van der Waals surface area contributed by atoms with Gasteiger partial charge in [0.25, 0.3) is 5.56 Å². The van der Waals surface area contributed by atoms with Crippen LogP contribution in [0.3, 0.4) is 0 Å². The summed E-state index contributed by atoms with van der Waals surface area (Å²) < 4.78 is 1.78. The van der Waals surface area contributed by atoms with E-state index in [1.54, 1.807) is 10.7 Å². The van der Waals surface area contributed by atoms with Gasteiger partial charge in [0.2, 0.25) is 0 Å². The zero-order valence-electron chi connectivity index (χ0n) is 10.3. The summed E-state index contributed by atoms with van der Waals surface area (Å²) in [7, 11) is 0. The molecule has 0 spiro atoms. The predicted molar refractivity (Wildman–Crippen MR) is 64.9 cm³/mol. The number of aromatic nitrogens is 2. The number of aromatic amines is 1. The highest BCUT2D eigenvalue weighted by Crippen LogP contribution is 2.20. The van der Waals surface area contributed by atoms with Gasteiger partial charge < -0.3 is 5.32 Å². The molecule has 1 fully saturated rings. The molecule has 0 aliphatic carbocycles. The third-order valence-electron chi connectivity index (χ3n) is 3.19. The summed E-state index contributed by atoms with van der Waals surface area (Å²) in [5.74, 6) is 0. The lowest BCUT2D eigenvalue weighted by Crippen LogP contribution is -2.35. The first kappa shape index (κ1) is 11.5. The monoisotopic (exact) mass is 223 g/mol. The van der Waals surface area contributed by atoms with Crippen LogP contribution < -0.4 is 10.9 Å². The Kier molecular flexibility index (Phi) is 2.93. The smallest absolute Gasteiger partial charge is 0.267 e. The summed E-state index contributed by atoms with van der Waals surface area (Å²) in [6.07, 6.45) is 2.22. The maximum Gasteiger partial charge on any atom is 0.267 e. The molecule has 90 valence electrons. The lowest BCUT2D eigenvalue weighted by Gasteiger charge is -2.24. The molecule has 0 bridgehead atoms. The van der Waals surface area contributed by atoms with E-state index in [9.17, 15) is 4.79 Å². The number of rotatable bonds is 1. The highest BCUT2D eigenvalue weighted by Gasteiger charge is 2.22. The molecule has 1 aromatic heterocycles. The Bertz CT molecular complexity index is 405. The number of nitrogens with zero attached hydrogens (tertiary/aromatic N) is 1. The van der Waals surface area contributed by atoms with Crippen molar-refractivity contribution < 1.29 is 0 Å². The van der Waals surface area contributed by atoms with Gasteiger partial charge in [0, 0.05) is 23.7 Å². The van der Waals surface area contributed by atoms with Crippen LogP contribution in [0.4, 0.5) is 0 Å². The summed E-state index contributed by atoms with van der Waals surface area (Å²) in [4.78, 5) is 11.9. The van der Waals surface area contributed by atoms with Crippen LogP contribution in [-0.4, -0.2) is 22.9 Å². The molecule has 2 rings (SSSR count). The van der Waals surface area contributed by atoms with E-state index >= 15 is 0 Å². The molecule has 0 amide bonds. The number of nitrogens with one attached hydrogen (secondary N) is 2. The van der Waals surface area contributed by atoms with E-state index in [2.05, 4.69) is 31.2 Å². The van der Waals surface area contributed by atoms with E-state index in [0.29, 0.717) is 0 Å². The Morgan fingerprint density at radius 3 is 2.69 bits per heavy atom. The van der Waals surface area contributed by atoms with Gasteiger partial charge >= 0.3 is 0 Å². The van der Waals surface area contributed by atoms with E-state index in [0.717, 1.165) is 31.6 Å². The summed E-state index contributed by atoms with van der Waals surface area (Å²) in [5, 5.41) is 6.58. The molecule has 1 atom stereocenters. The summed E-state index contributed by atoms with van der Waals surface area (Å²) in [5.41, 5.74) is 1.12. The minimum absolute atomic E-state index is 0.00645. The minimum atomic E-state index is 0.00645. The number of hydrogen-bond acceptors (Lipinski definition) is 2. The van der Waals surface area contributed by atoms with Gasteiger partial charge in [0.05, 0.1) is 6.04 Å². The van der Waals surface area contributed by atoms with Crippen LogP contribution in [0.5, 0.6) is 0 Å². The molecule has 4 heteroatoms. The highest BCUT2D eigenvalue weighted by atomic mass is 16.1. The molecule has 2 N–H and O–H groups in total. The van der Waals surface area contributed by atoms with Crippen molar-refractivity contribution in [3.8, 4) is 0 Å². The number of piperidine rings is 1. The third-order valence-corrected chi connectivity index (χ3v) is 3.19. The fraction of sp³-hybridized carbons (Fsp3) is 0.750. The zero-order valence-corrected chi connectivity index (χ0v) is 10.3. The van der Waals surface area contributed by atoms with Gasteiger partial charge in [-0.2, -0.15) is 0 Å². The van der Waals surface area contributed by atoms with Crippen molar-refractivity contribution in [1.82, 2.24) is 15.1 Å². The topological polar surface area (TPSA) is 49.8 Å². The first-order valence-electron chi connectivity index (χ1n) is 6.01. The second-order valence-electron chi connectivity index (χ2n) is 5.63. The molecular formula is C12H21N3O. The number of H-pyrrole nitrogens is 1. The molecule has 0 unspecified atom stereocenters. The fourth-order valence-corrected chi connectivity index (χ4v) is 2.12. The predicted octanol–water partition coefficient (Wildman–Crippen LogP) is 1.40. The van der Waals surface area contributed by atoms with E-state index in [1.807, 2.05) is 0 Å². The lowest BCUT2D eigenvalue weighted by atomic mass is 9.93. The first-order chi connectivity index (χ1) is 7.48. The van der Waals surface area contributed by atoms with Crippen molar-refractivity contribution in [3.05, 3.63) is 22.1 Å². The molecule has 1 saturated heterocycles. The van der Waals surface area contributed by atoms with E-state index in [1.165, 1.54) is 0 Å². The molecule has 0 saturated carbocycles. The van der Waals surface area contributed by atoms with Crippen molar-refractivity contribution in [2.45, 2.75) is 45.1 Å². The Labute approximate surface area is 96.0 Å². The van der Waals surface area contributed by atoms with Gasteiger partial charge in [0.1, 0.15) is 0 Å². The van der Waals surface area contributed by atoms with Crippen LogP contribution in [0.2, 0.25) is 0 Å². The summed E-state index contributed by atoms with van der Waals surface area (Å²) in [6.45, 7) is 8.30. The van der Waals surface area contributed by atoms with Gasteiger partial charge in [-0.05, 0) is 19.4 Å². The molecule has 4 nitrogen and oxygen atoms in total. The van der Waals surface area contributed by atoms with Crippen LogP contribution in [0.25, 0.3) is 0 Å². The average molecular weight is 223 g/mol. The molecule has 1 aromatic rings. The van der Waals surface area contributed by atoms with E-state index < -0.39 is 0 Å². The lowest BCUT2D eigenvalue weighted by molar-refractivity contribution is 0.336. The summed E-state index contributed by atoms with van der Waals surface area (Å²) in [6, 6.07) is 2.02. The Morgan fingerprint density at radius 2 is 2.19 bits per heavy atom. The Hall–Kier alpha value is -1.03. The van der Waals surface area contributed by atoms with Crippen LogP contribution in [0.1, 0.15) is 45.3 Å². The molecule has 0 radical (unpaired) electrons. The molecular weight excluding hydrogens is 202 g/mol. The minimum Gasteiger partial charge on any atom is -0.315 e. The van der Waals surface area contributed by atoms with Crippen LogP contribution in [0.15, 0.2) is 10.9 Å². The van der Waals surface area contributed by atoms with Gasteiger partial charge in [0.15, 0.2) is 0 Å². The molecule has 1 aliphatic rings. The second kappa shape index (κ2) is 4.09. The second-order valence-corrected chi connectivity index (χ2v) is 5.63. The molecule has 0 aromatic carbocycles. The zero-order chi connectivity index (χ0) is 11.8. The van der Waals surface area contributed by atoms with Gasteiger partial charge in [-0.1, -0.05) is 20.8 Å². The standard InChI is InChI=1S/C12H21N3O/c1-12(2,3)10-7-11(16)15(14-10)9-5-4-6-13-8-9/h7,9,13-14H,4-6,8H2,1-3H3/t9-/m0/s1. The fourth-order valence-electron chi connectivity index (χ4n) is 2.12. The van der Waals surface area contributed by atoms with Crippen LogP contribution in [-0.2, 0) is 5.41 Å². The van der Waals surface area contributed by atoms with Crippen molar-refractivity contribution >= 4 is 0 Å². The summed E-state index contributed by atoms with van der Waals surface area (Å²) >= 11 is 0. The molecule has 16 heavy (non-hydrogen) atoms. The van der Waals surface area contributed by atoms with Crippen molar-refractivity contribution in [3.63, 3.8) is 0 Å². The highest BCUT2D eigenvalue weighted by molar-refractivity contribution is 5.11. The van der Waals surface area contributed by atoms with E-state index in [4.69, 9.17) is 0 Å². The van der Waals surface area contributed by atoms with E-state index in [-0.39, 0.29) is 17.0 Å². The largest absolute Gasteiger partial charge is 0.315 e. The van der Waals surface area contributed by atoms with Crippen molar-refractivity contribution in [2.24, 2.45) is 0 Å². The number of hydrogen-bond donors (Lipinski definition) is 2. The van der Waals surface area contributed by atoms with Gasteiger partial charge in [-0.3, -0.25) is 9.89 Å². The van der Waals surface area contributed by atoms with Gasteiger partial charge in [-0.25, -0.2) is 4.68 Å².